The maximum Gasteiger partial charge on any atom is 0.240 e. The van der Waals surface area contributed by atoms with Gasteiger partial charge in [-0.15, -0.1) is 0 Å². The Bertz CT molecular complexity index is 262. The van der Waals surface area contributed by atoms with Crippen molar-refractivity contribution in [2.45, 2.75) is 63.1 Å². The number of carbonyl (C=O) groups is 1. The Labute approximate surface area is 96.9 Å². The van der Waals surface area contributed by atoms with E-state index < -0.39 is 5.54 Å². The molecule has 2 rings (SSSR count). The lowest BCUT2D eigenvalue weighted by atomic mass is 9.81. The highest BCUT2D eigenvalue weighted by molar-refractivity contribution is 5.86. The van der Waals surface area contributed by atoms with Gasteiger partial charge in [0.1, 0.15) is 0 Å². The molecule has 1 aliphatic carbocycles. The second-order valence-electron chi connectivity index (χ2n) is 5.16. The number of nitrogens with one attached hydrogen (secondary N) is 1. The first-order valence-electron chi connectivity index (χ1n) is 6.33. The Morgan fingerprint density at radius 2 is 2.06 bits per heavy atom. The summed E-state index contributed by atoms with van der Waals surface area (Å²) in [6.45, 7) is 2.74. The second kappa shape index (κ2) is 4.72. The van der Waals surface area contributed by atoms with Crippen molar-refractivity contribution in [3.05, 3.63) is 0 Å². The van der Waals surface area contributed by atoms with Gasteiger partial charge in [0.25, 0.3) is 0 Å². The van der Waals surface area contributed by atoms with Crippen molar-refractivity contribution in [1.82, 2.24) is 5.32 Å². The van der Waals surface area contributed by atoms with E-state index in [0.717, 1.165) is 38.7 Å². The smallest absolute Gasteiger partial charge is 0.240 e. The maximum atomic E-state index is 12.1. The summed E-state index contributed by atoms with van der Waals surface area (Å²) in [6.07, 6.45) is 6.01. The van der Waals surface area contributed by atoms with Crippen molar-refractivity contribution in [3.8, 4) is 0 Å². The first-order valence-corrected chi connectivity index (χ1v) is 6.33. The average Bonchev–Trinajstić information content (AvgIpc) is 2.65. The summed E-state index contributed by atoms with van der Waals surface area (Å²) in [5.41, 5.74) is 5.55. The first-order chi connectivity index (χ1) is 7.62. The zero-order chi connectivity index (χ0) is 11.6. The first kappa shape index (κ1) is 11.9. The summed E-state index contributed by atoms with van der Waals surface area (Å²) in [6, 6.07) is 0.148. The molecule has 1 heterocycles. The van der Waals surface area contributed by atoms with Gasteiger partial charge in [-0.05, 0) is 26.2 Å². The van der Waals surface area contributed by atoms with Crippen LogP contribution in [0.2, 0.25) is 0 Å². The minimum atomic E-state index is -0.624. The Hall–Kier alpha value is -0.610. The fraction of sp³-hybridized carbons (Fsp3) is 0.917. The van der Waals surface area contributed by atoms with Crippen LogP contribution in [-0.2, 0) is 9.53 Å². The highest BCUT2D eigenvalue weighted by atomic mass is 16.5. The van der Waals surface area contributed by atoms with E-state index in [-0.39, 0.29) is 18.1 Å². The van der Waals surface area contributed by atoms with Crippen LogP contribution in [0.25, 0.3) is 0 Å². The van der Waals surface area contributed by atoms with Crippen LogP contribution in [0, 0.1) is 0 Å². The molecule has 16 heavy (non-hydrogen) atoms. The minimum absolute atomic E-state index is 0.0227. The SMILES string of the molecule is CC1OCCC1NC(=O)C1(N)CCCCC1. The van der Waals surface area contributed by atoms with E-state index >= 15 is 0 Å². The zero-order valence-corrected chi connectivity index (χ0v) is 10.00. The van der Waals surface area contributed by atoms with Gasteiger partial charge in [0.2, 0.25) is 5.91 Å². The molecule has 0 spiro atoms. The van der Waals surface area contributed by atoms with Crippen molar-refractivity contribution in [2.24, 2.45) is 5.73 Å². The van der Waals surface area contributed by atoms with Gasteiger partial charge in [0.05, 0.1) is 17.7 Å². The molecule has 0 radical (unpaired) electrons. The fourth-order valence-electron chi connectivity index (χ4n) is 2.64. The molecule has 0 aromatic carbocycles. The molecule has 1 saturated heterocycles. The molecule has 0 bridgehead atoms. The van der Waals surface area contributed by atoms with E-state index in [9.17, 15) is 4.79 Å². The molecular formula is C12H22N2O2. The van der Waals surface area contributed by atoms with Crippen molar-refractivity contribution < 1.29 is 9.53 Å². The van der Waals surface area contributed by atoms with E-state index in [1.165, 1.54) is 6.42 Å². The lowest BCUT2D eigenvalue weighted by molar-refractivity contribution is -0.128. The van der Waals surface area contributed by atoms with Crippen LogP contribution < -0.4 is 11.1 Å². The summed E-state index contributed by atoms with van der Waals surface area (Å²) in [5, 5.41) is 3.05. The van der Waals surface area contributed by atoms with Crippen LogP contribution in [0.5, 0.6) is 0 Å². The minimum Gasteiger partial charge on any atom is -0.376 e. The summed E-state index contributed by atoms with van der Waals surface area (Å²) in [5.74, 6) is 0.0227. The fourth-order valence-corrected chi connectivity index (χ4v) is 2.64. The predicted molar refractivity (Wildman–Crippen MR) is 62.0 cm³/mol. The zero-order valence-electron chi connectivity index (χ0n) is 10.00. The third-order valence-electron chi connectivity index (χ3n) is 3.89. The number of ether oxygens (including phenoxy) is 1. The van der Waals surface area contributed by atoms with Crippen LogP contribution in [0.3, 0.4) is 0 Å². The molecule has 0 aromatic heterocycles. The van der Waals surface area contributed by atoms with Crippen molar-refractivity contribution in [2.75, 3.05) is 6.61 Å². The number of amides is 1. The van der Waals surface area contributed by atoms with Gasteiger partial charge in [-0.2, -0.15) is 0 Å². The molecule has 4 heteroatoms. The topological polar surface area (TPSA) is 64.3 Å². The standard InChI is InChI=1S/C12H22N2O2/c1-9-10(5-8-16-9)14-11(15)12(13)6-3-2-4-7-12/h9-10H,2-8,13H2,1H3,(H,14,15). The van der Waals surface area contributed by atoms with Crippen LogP contribution >= 0.6 is 0 Å². The van der Waals surface area contributed by atoms with Gasteiger partial charge in [-0.25, -0.2) is 0 Å². The molecule has 4 nitrogen and oxygen atoms in total. The summed E-state index contributed by atoms with van der Waals surface area (Å²) < 4.78 is 5.43. The van der Waals surface area contributed by atoms with Crippen molar-refractivity contribution in [3.63, 3.8) is 0 Å². The Morgan fingerprint density at radius 1 is 1.38 bits per heavy atom. The Morgan fingerprint density at radius 3 is 2.62 bits per heavy atom. The lowest BCUT2D eigenvalue weighted by Gasteiger charge is -2.33. The number of hydrogen-bond acceptors (Lipinski definition) is 3. The van der Waals surface area contributed by atoms with Crippen LogP contribution in [0.15, 0.2) is 0 Å². The van der Waals surface area contributed by atoms with E-state index in [1.54, 1.807) is 0 Å². The highest BCUT2D eigenvalue weighted by Crippen LogP contribution is 2.26. The Balaban J connectivity index is 1.91. The molecule has 2 atom stereocenters. The average molecular weight is 226 g/mol. The molecule has 1 aliphatic heterocycles. The third kappa shape index (κ3) is 2.38. The number of rotatable bonds is 2. The largest absolute Gasteiger partial charge is 0.376 e. The summed E-state index contributed by atoms with van der Waals surface area (Å²) >= 11 is 0. The normalized spacial score (nSPS) is 33.6. The quantitative estimate of drug-likeness (QED) is 0.736. The van der Waals surface area contributed by atoms with Crippen LogP contribution in [0.1, 0.15) is 45.4 Å². The van der Waals surface area contributed by atoms with Crippen molar-refractivity contribution >= 4 is 5.91 Å². The third-order valence-corrected chi connectivity index (χ3v) is 3.89. The molecule has 0 aromatic rings. The monoisotopic (exact) mass is 226 g/mol. The molecule has 2 fully saturated rings. The van der Waals surface area contributed by atoms with E-state index in [2.05, 4.69) is 5.32 Å². The predicted octanol–water partition coefficient (Wildman–Crippen LogP) is 0.942. The second-order valence-corrected chi connectivity index (χ2v) is 5.16. The molecule has 1 amide bonds. The van der Waals surface area contributed by atoms with Gasteiger partial charge in [-0.3, -0.25) is 4.79 Å². The maximum absolute atomic E-state index is 12.1. The molecular weight excluding hydrogens is 204 g/mol. The van der Waals surface area contributed by atoms with Crippen LogP contribution in [-0.4, -0.2) is 30.2 Å². The molecule has 2 aliphatic rings. The number of hydrogen-bond donors (Lipinski definition) is 2. The van der Waals surface area contributed by atoms with E-state index in [0.29, 0.717) is 0 Å². The molecule has 92 valence electrons. The summed E-state index contributed by atoms with van der Waals surface area (Å²) in [7, 11) is 0. The molecule has 3 N–H and O–H groups in total. The van der Waals surface area contributed by atoms with Gasteiger partial charge in [0.15, 0.2) is 0 Å². The van der Waals surface area contributed by atoms with Gasteiger partial charge in [0, 0.05) is 6.61 Å². The lowest BCUT2D eigenvalue weighted by Crippen LogP contribution is -2.57. The van der Waals surface area contributed by atoms with Crippen molar-refractivity contribution in [1.29, 1.82) is 0 Å². The molecule has 2 unspecified atom stereocenters. The van der Waals surface area contributed by atoms with E-state index in [1.807, 2.05) is 6.92 Å². The van der Waals surface area contributed by atoms with Gasteiger partial charge < -0.3 is 15.8 Å². The van der Waals surface area contributed by atoms with Crippen LogP contribution in [0.4, 0.5) is 0 Å². The van der Waals surface area contributed by atoms with E-state index in [4.69, 9.17) is 10.5 Å². The summed E-state index contributed by atoms with van der Waals surface area (Å²) in [4.78, 5) is 12.1. The van der Waals surface area contributed by atoms with Gasteiger partial charge >= 0.3 is 0 Å². The molecule has 1 saturated carbocycles. The highest BCUT2D eigenvalue weighted by Gasteiger charge is 2.37. The number of carbonyl (C=O) groups excluding carboxylic acids is 1. The van der Waals surface area contributed by atoms with Gasteiger partial charge in [-0.1, -0.05) is 19.3 Å². The Kier molecular flexibility index (Phi) is 3.50. The number of nitrogens with two attached hydrogens (primary N) is 1.